The Hall–Kier alpha value is -3.61. The number of aromatic amines is 1. The fourth-order valence-corrected chi connectivity index (χ4v) is 2.15. The molecular weight excluding hydrogens is 312 g/mol. The molecule has 7 heteroatoms. The van der Waals surface area contributed by atoms with E-state index < -0.39 is 22.8 Å². The van der Waals surface area contributed by atoms with Crippen LogP contribution in [-0.4, -0.2) is 20.6 Å². The SMILES string of the molecule is O=C(O)c1c[nH]c(=O)n(-c2ccc(Oc3ccccc3)cc2)c1=O. The highest BCUT2D eigenvalue weighted by atomic mass is 16.5. The quantitative estimate of drug-likeness (QED) is 0.764. The van der Waals surface area contributed by atoms with Crippen molar-refractivity contribution >= 4 is 5.97 Å². The van der Waals surface area contributed by atoms with E-state index in [1.165, 1.54) is 12.1 Å². The molecule has 0 bridgehead atoms. The van der Waals surface area contributed by atoms with Gasteiger partial charge in [0.25, 0.3) is 5.56 Å². The third-order valence-electron chi connectivity index (χ3n) is 3.28. The molecule has 3 aromatic rings. The van der Waals surface area contributed by atoms with Gasteiger partial charge >= 0.3 is 11.7 Å². The highest BCUT2D eigenvalue weighted by Crippen LogP contribution is 2.21. The molecule has 1 heterocycles. The van der Waals surface area contributed by atoms with E-state index >= 15 is 0 Å². The maximum atomic E-state index is 12.1. The number of nitrogens with one attached hydrogen (secondary N) is 1. The van der Waals surface area contributed by atoms with Gasteiger partial charge in [-0.25, -0.2) is 14.2 Å². The second-order valence-electron chi connectivity index (χ2n) is 4.86. The summed E-state index contributed by atoms with van der Waals surface area (Å²) >= 11 is 0. The van der Waals surface area contributed by atoms with Gasteiger partial charge in [0, 0.05) is 6.20 Å². The summed E-state index contributed by atoms with van der Waals surface area (Å²) in [7, 11) is 0. The average molecular weight is 324 g/mol. The minimum absolute atomic E-state index is 0.241. The van der Waals surface area contributed by atoms with Crippen molar-refractivity contribution in [3.8, 4) is 17.2 Å². The van der Waals surface area contributed by atoms with Gasteiger partial charge in [-0.15, -0.1) is 0 Å². The largest absolute Gasteiger partial charge is 0.477 e. The van der Waals surface area contributed by atoms with Gasteiger partial charge in [0.1, 0.15) is 17.1 Å². The Morgan fingerprint density at radius 2 is 1.58 bits per heavy atom. The van der Waals surface area contributed by atoms with Crippen molar-refractivity contribution in [2.75, 3.05) is 0 Å². The summed E-state index contributed by atoms with van der Waals surface area (Å²) < 4.78 is 6.38. The molecule has 0 fully saturated rings. The maximum absolute atomic E-state index is 12.1. The van der Waals surface area contributed by atoms with E-state index in [-0.39, 0.29) is 5.69 Å². The molecule has 0 aliphatic heterocycles. The first-order valence-corrected chi connectivity index (χ1v) is 6.97. The molecule has 0 radical (unpaired) electrons. The van der Waals surface area contributed by atoms with E-state index in [4.69, 9.17) is 9.84 Å². The van der Waals surface area contributed by atoms with Gasteiger partial charge in [-0.05, 0) is 36.4 Å². The van der Waals surface area contributed by atoms with Crippen LogP contribution in [0.15, 0.2) is 70.4 Å². The molecule has 0 atom stereocenters. The van der Waals surface area contributed by atoms with E-state index in [0.717, 1.165) is 10.8 Å². The highest BCUT2D eigenvalue weighted by Gasteiger charge is 2.14. The number of benzene rings is 2. The lowest BCUT2D eigenvalue weighted by molar-refractivity contribution is 0.0694. The van der Waals surface area contributed by atoms with Crippen LogP contribution in [0.5, 0.6) is 11.5 Å². The van der Waals surface area contributed by atoms with Crippen LogP contribution in [0, 0.1) is 0 Å². The number of nitrogens with zero attached hydrogens (tertiary/aromatic N) is 1. The predicted molar refractivity (Wildman–Crippen MR) is 86.1 cm³/mol. The summed E-state index contributed by atoms with van der Waals surface area (Å²) in [4.78, 5) is 37.3. The number of carbonyl (C=O) groups is 1. The number of carboxylic acid groups (broad SMARTS) is 1. The smallest absolute Gasteiger partial charge is 0.342 e. The molecule has 24 heavy (non-hydrogen) atoms. The Balaban J connectivity index is 1.97. The molecule has 120 valence electrons. The van der Waals surface area contributed by atoms with Gasteiger partial charge < -0.3 is 14.8 Å². The first kappa shape index (κ1) is 15.3. The van der Waals surface area contributed by atoms with Crippen LogP contribution in [0.25, 0.3) is 5.69 Å². The van der Waals surface area contributed by atoms with E-state index in [1.807, 2.05) is 18.2 Å². The van der Waals surface area contributed by atoms with Crippen molar-refractivity contribution < 1.29 is 14.6 Å². The van der Waals surface area contributed by atoms with Crippen molar-refractivity contribution in [3.05, 3.63) is 87.2 Å². The summed E-state index contributed by atoms with van der Waals surface area (Å²) in [6.07, 6.45) is 0.885. The molecule has 0 saturated carbocycles. The Kier molecular flexibility index (Phi) is 3.98. The molecule has 0 amide bonds. The number of rotatable bonds is 4. The second kappa shape index (κ2) is 6.25. The lowest BCUT2D eigenvalue weighted by atomic mass is 10.2. The lowest BCUT2D eigenvalue weighted by Crippen LogP contribution is -2.36. The van der Waals surface area contributed by atoms with Crippen molar-refractivity contribution in [2.24, 2.45) is 0 Å². The zero-order chi connectivity index (χ0) is 17.1. The molecule has 2 aromatic carbocycles. The van der Waals surface area contributed by atoms with Crippen molar-refractivity contribution in [1.29, 1.82) is 0 Å². The van der Waals surface area contributed by atoms with Crippen LogP contribution < -0.4 is 16.0 Å². The standard InChI is InChI=1S/C17H12N2O5/c20-15-14(16(21)22)10-18-17(23)19(15)11-6-8-13(9-7-11)24-12-4-2-1-3-5-12/h1-10H,(H,18,23)(H,21,22). The van der Waals surface area contributed by atoms with E-state index in [0.29, 0.717) is 11.5 Å². The zero-order valence-corrected chi connectivity index (χ0v) is 12.3. The number of para-hydroxylation sites is 1. The predicted octanol–water partition coefficient (Wildman–Crippen LogP) is 2.02. The first-order chi connectivity index (χ1) is 11.6. The number of hydrogen-bond acceptors (Lipinski definition) is 4. The van der Waals surface area contributed by atoms with Crippen LogP contribution in [0.2, 0.25) is 0 Å². The van der Waals surface area contributed by atoms with Crippen LogP contribution in [-0.2, 0) is 0 Å². The number of ether oxygens (including phenoxy) is 1. The second-order valence-corrected chi connectivity index (χ2v) is 4.86. The Labute approximate surface area is 135 Å². The molecule has 1 aromatic heterocycles. The van der Waals surface area contributed by atoms with Gasteiger partial charge in [0.15, 0.2) is 0 Å². The minimum atomic E-state index is -1.41. The molecule has 7 nitrogen and oxygen atoms in total. The Morgan fingerprint density at radius 1 is 0.958 bits per heavy atom. The maximum Gasteiger partial charge on any atom is 0.342 e. The van der Waals surface area contributed by atoms with Gasteiger partial charge in [-0.3, -0.25) is 4.79 Å². The molecule has 0 aliphatic rings. The number of H-pyrrole nitrogens is 1. The molecule has 3 rings (SSSR count). The van der Waals surface area contributed by atoms with Crippen LogP contribution >= 0.6 is 0 Å². The minimum Gasteiger partial charge on any atom is -0.477 e. The topological polar surface area (TPSA) is 101 Å². The van der Waals surface area contributed by atoms with Gasteiger partial charge in [-0.2, -0.15) is 0 Å². The van der Waals surface area contributed by atoms with Crippen molar-refractivity contribution in [2.45, 2.75) is 0 Å². The molecule has 0 saturated heterocycles. The number of hydrogen-bond donors (Lipinski definition) is 2. The molecule has 2 N–H and O–H groups in total. The Bertz CT molecular complexity index is 988. The van der Waals surface area contributed by atoms with Gasteiger partial charge in [0.05, 0.1) is 5.69 Å². The van der Waals surface area contributed by atoms with Gasteiger partial charge in [0.2, 0.25) is 0 Å². The monoisotopic (exact) mass is 324 g/mol. The van der Waals surface area contributed by atoms with Crippen LogP contribution in [0.1, 0.15) is 10.4 Å². The van der Waals surface area contributed by atoms with Crippen molar-refractivity contribution in [3.63, 3.8) is 0 Å². The summed E-state index contributed by atoms with van der Waals surface area (Å²) in [6.45, 7) is 0. The molecular formula is C17H12N2O5. The van der Waals surface area contributed by atoms with E-state index in [1.54, 1.807) is 24.3 Å². The number of aromatic nitrogens is 2. The summed E-state index contributed by atoms with van der Waals surface area (Å²) in [5.41, 5.74) is -1.89. The zero-order valence-electron chi connectivity index (χ0n) is 12.3. The van der Waals surface area contributed by atoms with Crippen LogP contribution in [0.3, 0.4) is 0 Å². The third kappa shape index (κ3) is 2.95. The summed E-state index contributed by atoms with van der Waals surface area (Å²) in [5, 5.41) is 8.98. The lowest BCUT2D eigenvalue weighted by Gasteiger charge is -2.08. The highest BCUT2D eigenvalue weighted by molar-refractivity contribution is 5.86. The van der Waals surface area contributed by atoms with Crippen molar-refractivity contribution in [1.82, 2.24) is 9.55 Å². The Morgan fingerprint density at radius 3 is 2.21 bits per heavy atom. The first-order valence-electron chi connectivity index (χ1n) is 6.97. The third-order valence-corrected chi connectivity index (χ3v) is 3.28. The normalized spacial score (nSPS) is 10.3. The molecule has 0 aliphatic carbocycles. The van der Waals surface area contributed by atoms with E-state index in [2.05, 4.69) is 4.98 Å². The number of carboxylic acids is 1. The molecule has 0 unspecified atom stereocenters. The van der Waals surface area contributed by atoms with E-state index in [9.17, 15) is 14.4 Å². The summed E-state index contributed by atoms with van der Waals surface area (Å²) in [6, 6.07) is 15.3. The number of aromatic carboxylic acids is 1. The van der Waals surface area contributed by atoms with Gasteiger partial charge in [-0.1, -0.05) is 18.2 Å². The van der Waals surface area contributed by atoms with Crippen LogP contribution in [0.4, 0.5) is 0 Å². The molecule has 0 spiro atoms. The fourth-order valence-electron chi connectivity index (χ4n) is 2.15. The summed E-state index contributed by atoms with van der Waals surface area (Å²) in [5.74, 6) is -0.244. The fraction of sp³-hybridized carbons (Fsp3) is 0. The average Bonchev–Trinajstić information content (AvgIpc) is 2.57.